The van der Waals surface area contributed by atoms with Crippen molar-refractivity contribution in [2.24, 2.45) is 11.0 Å². The van der Waals surface area contributed by atoms with Gasteiger partial charge >= 0.3 is 0 Å². The molecule has 8 nitrogen and oxygen atoms in total. The van der Waals surface area contributed by atoms with E-state index in [4.69, 9.17) is 19.3 Å². The van der Waals surface area contributed by atoms with E-state index < -0.39 is 0 Å². The fourth-order valence-corrected chi connectivity index (χ4v) is 4.94. The van der Waals surface area contributed by atoms with Gasteiger partial charge in [-0.05, 0) is 42.7 Å². The predicted octanol–water partition coefficient (Wildman–Crippen LogP) is 4.05. The number of ether oxygens (including phenoxy) is 3. The number of rotatable bonds is 10. The fourth-order valence-electron chi connectivity index (χ4n) is 4.94. The third kappa shape index (κ3) is 5.87. The molecule has 0 N–H and O–H groups in total. The third-order valence-corrected chi connectivity index (χ3v) is 6.98. The summed E-state index contributed by atoms with van der Waals surface area (Å²) in [6.07, 6.45) is 4.43. The summed E-state index contributed by atoms with van der Waals surface area (Å²) in [5, 5.41) is 6.31. The molecule has 0 radical (unpaired) electrons. The second kappa shape index (κ2) is 12.0. The molecule has 8 heteroatoms. The molecular formula is C28H35N3O5. The second-order valence-electron chi connectivity index (χ2n) is 9.24. The van der Waals surface area contributed by atoms with E-state index in [1.165, 1.54) is 0 Å². The molecule has 1 fully saturated rings. The number of carbonyl (C=O) groups is 2. The molecule has 0 spiro atoms. The maximum Gasteiger partial charge on any atom is 0.262 e. The topological polar surface area (TPSA) is 80.7 Å². The van der Waals surface area contributed by atoms with Crippen LogP contribution in [0.25, 0.3) is 0 Å². The Bertz CT molecular complexity index is 1080. The minimum Gasteiger partial charge on any atom is -0.497 e. The summed E-state index contributed by atoms with van der Waals surface area (Å²) in [7, 11) is 4.85. The Morgan fingerprint density at radius 2 is 1.72 bits per heavy atom. The van der Waals surface area contributed by atoms with Crippen LogP contribution in [0, 0.1) is 5.92 Å². The first kappa shape index (κ1) is 25.7. The van der Waals surface area contributed by atoms with Crippen molar-refractivity contribution >= 4 is 17.5 Å². The van der Waals surface area contributed by atoms with Crippen LogP contribution in [0.4, 0.5) is 0 Å². The minimum atomic E-state index is -0.282. The highest BCUT2D eigenvalue weighted by Gasteiger charge is 2.35. The van der Waals surface area contributed by atoms with E-state index in [0.29, 0.717) is 19.6 Å². The minimum absolute atomic E-state index is 0.0125. The van der Waals surface area contributed by atoms with Crippen molar-refractivity contribution in [3.8, 4) is 11.5 Å². The van der Waals surface area contributed by atoms with Crippen molar-refractivity contribution in [2.45, 2.75) is 38.1 Å². The number of benzene rings is 2. The van der Waals surface area contributed by atoms with E-state index in [-0.39, 0.29) is 30.3 Å². The lowest BCUT2D eigenvalue weighted by molar-refractivity contribution is -0.144. The van der Waals surface area contributed by atoms with Crippen molar-refractivity contribution in [3.63, 3.8) is 0 Å². The Labute approximate surface area is 212 Å². The van der Waals surface area contributed by atoms with E-state index in [1.807, 2.05) is 48.5 Å². The largest absolute Gasteiger partial charge is 0.497 e. The summed E-state index contributed by atoms with van der Waals surface area (Å²) < 4.78 is 15.9. The lowest BCUT2D eigenvalue weighted by Gasteiger charge is -2.28. The van der Waals surface area contributed by atoms with Crippen molar-refractivity contribution in [1.29, 1.82) is 0 Å². The van der Waals surface area contributed by atoms with Gasteiger partial charge in [-0.3, -0.25) is 9.59 Å². The molecule has 1 saturated carbocycles. The average molecular weight is 494 g/mol. The Morgan fingerprint density at radius 1 is 1.00 bits per heavy atom. The van der Waals surface area contributed by atoms with Crippen LogP contribution in [-0.2, 0) is 14.3 Å². The summed E-state index contributed by atoms with van der Waals surface area (Å²) in [6.45, 7) is 0.733. The van der Waals surface area contributed by atoms with Gasteiger partial charge in [-0.15, -0.1) is 0 Å². The van der Waals surface area contributed by atoms with E-state index in [2.05, 4.69) is 0 Å². The molecule has 1 atom stereocenters. The molecule has 36 heavy (non-hydrogen) atoms. The first-order valence-electron chi connectivity index (χ1n) is 12.5. The van der Waals surface area contributed by atoms with E-state index in [1.54, 1.807) is 31.2 Å². The Balaban J connectivity index is 1.61. The SMILES string of the molecule is COCCN(CC(=O)N1N=C(c2cccc(OC)c2)CC1c1ccc(OC)cc1)C(=O)C1CCCC1. The zero-order valence-electron chi connectivity index (χ0n) is 21.3. The molecule has 1 aliphatic carbocycles. The molecule has 2 aliphatic rings. The summed E-state index contributed by atoms with van der Waals surface area (Å²) in [6, 6.07) is 15.1. The van der Waals surface area contributed by atoms with Crippen LogP contribution in [0.2, 0.25) is 0 Å². The van der Waals surface area contributed by atoms with Gasteiger partial charge in [0.05, 0.1) is 32.6 Å². The second-order valence-corrected chi connectivity index (χ2v) is 9.24. The molecule has 1 heterocycles. The molecule has 2 aromatic rings. The molecule has 0 bridgehead atoms. The molecule has 192 valence electrons. The highest BCUT2D eigenvalue weighted by molar-refractivity contribution is 6.03. The lowest BCUT2D eigenvalue weighted by Crippen LogP contribution is -2.44. The van der Waals surface area contributed by atoms with Gasteiger partial charge in [0, 0.05) is 31.6 Å². The number of methoxy groups -OCH3 is 3. The van der Waals surface area contributed by atoms with Gasteiger partial charge in [0.2, 0.25) is 5.91 Å². The number of hydrazone groups is 1. The molecule has 4 rings (SSSR count). The normalized spacial score (nSPS) is 17.7. The molecule has 2 aromatic carbocycles. The van der Waals surface area contributed by atoms with Crippen molar-refractivity contribution < 1.29 is 23.8 Å². The molecule has 1 aliphatic heterocycles. The number of hydrogen-bond acceptors (Lipinski definition) is 6. The van der Waals surface area contributed by atoms with Crippen LogP contribution in [0.3, 0.4) is 0 Å². The van der Waals surface area contributed by atoms with Gasteiger partial charge < -0.3 is 19.1 Å². The standard InChI is InChI=1S/C28H35N3O5/c1-34-16-15-30(28(33)21-7-4-5-8-21)19-27(32)31-26(20-11-13-23(35-2)14-12-20)18-25(29-31)22-9-6-10-24(17-22)36-3/h6,9-14,17,21,26H,4-5,7-8,15-16,18-19H2,1-3H3. The van der Waals surface area contributed by atoms with Crippen LogP contribution in [0.1, 0.15) is 49.3 Å². The number of amides is 2. The fraction of sp³-hybridized carbons (Fsp3) is 0.464. The van der Waals surface area contributed by atoms with E-state index >= 15 is 0 Å². The van der Waals surface area contributed by atoms with E-state index in [0.717, 1.165) is 54.0 Å². The van der Waals surface area contributed by atoms with Crippen molar-refractivity contribution in [3.05, 3.63) is 59.7 Å². The molecule has 2 amide bonds. The maximum atomic E-state index is 13.7. The van der Waals surface area contributed by atoms with Crippen LogP contribution < -0.4 is 9.47 Å². The van der Waals surface area contributed by atoms with Crippen LogP contribution in [0.15, 0.2) is 53.6 Å². The summed E-state index contributed by atoms with van der Waals surface area (Å²) >= 11 is 0. The maximum absolute atomic E-state index is 13.7. The predicted molar refractivity (Wildman–Crippen MR) is 137 cm³/mol. The van der Waals surface area contributed by atoms with Gasteiger partial charge in [0.25, 0.3) is 5.91 Å². The summed E-state index contributed by atoms with van der Waals surface area (Å²) in [4.78, 5) is 28.5. The Morgan fingerprint density at radius 3 is 2.39 bits per heavy atom. The monoisotopic (exact) mass is 493 g/mol. The van der Waals surface area contributed by atoms with Crippen LogP contribution >= 0.6 is 0 Å². The summed E-state index contributed by atoms with van der Waals surface area (Å²) in [5.74, 6) is 1.29. The Hall–Kier alpha value is -3.39. The molecule has 0 saturated heterocycles. The van der Waals surface area contributed by atoms with Gasteiger partial charge in [0.15, 0.2) is 0 Å². The highest BCUT2D eigenvalue weighted by Crippen LogP contribution is 2.34. The molecule has 0 aromatic heterocycles. The zero-order chi connectivity index (χ0) is 25.5. The number of hydrogen-bond donors (Lipinski definition) is 0. The number of carbonyl (C=O) groups excluding carboxylic acids is 2. The lowest BCUT2D eigenvalue weighted by atomic mass is 9.98. The summed E-state index contributed by atoms with van der Waals surface area (Å²) in [5.41, 5.74) is 2.66. The quantitative estimate of drug-likeness (QED) is 0.499. The molecule has 1 unspecified atom stereocenters. The smallest absolute Gasteiger partial charge is 0.262 e. The first-order valence-corrected chi connectivity index (χ1v) is 12.5. The van der Waals surface area contributed by atoms with Crippen LogP contribution in [-0.4, -0.2) is 68.5 Å². The zero-order valence-corrected chi connectivity index (χ0v) is 21.3. The third-order valence-electron chi connectivity index (χ3n) is 6.98. The first-order chi connectivity index (χ1) is 17.5. The molecular weight excluding hydrogens is 458 g/mol. The van der Waals surface area contributed by atoms with Gasteiger partial charge in [-0.25, -0.2) is 5.01 Å². The Kier molecular flexibility index (Phi) is 8.59. The van der Waals surface area contributed by atoms with Gasteiger partial charge in [0.1, 0.15) is 18.0 Å². The highest BCUT2D eigenvalue weighted by atomic mass is 16.5. The van der Waals surface area contributed by atoms with Crippen molar-refractivity contribution in [1.82, 2.24) is 9.91 Å². The van der Waals surface area contributed by atoms with E-state index in [9.17, 15) is 9.59 Å². The van der Waals surface area contributed by atoms with Gasteiger partial charge in [-0.1, -0.05) is 37.1 Å². The van der Waals surface area contributed by atoms with Gasteiger partial charge in [-0.2, -0.15) is 5.10 Å². The number of nitrogens with zero attached hydrogens (tertiary/aromatic N) is 3. The van der Waals surface area contributed by atoms with Crippen molar-refractivity contribution in [2.75, 3.05) is 41.0 Å². The van der Waals surface area contributed by atoms with Crippen LogP contribution in [0.5, 0.6) is 11.5 Å². The average Bonchev–Trinajstić information content (AvgIpc) is 3.62.